The van der Waals surface area contributed by atoms with Crippen LogP contribution in [0.2, 0.25) is 0 Å². The summed E-state index contributed by atoms with van der Waals surface area (Å²) < 4.78 is 24.3. The minimum atomic E-state index is -1.38. The maximum atomic E-state index is 12.2. The fourth-order valence-corrected chi connectivity index (χ4v) is 2.25. The van der Waals surface area contributed by atoms with Gasteiger partial charge in [0.25, 0.3) is 0 Å². The van der Waals surface area contributed by atoms with Gasteiger partial charge in [-0.25, -0.2) is 13.7 Å². The van der Waals surface area contributed by atoms with Crippen molar-refractivity contribution < 1.29 is 18.5 Å². The largest absolute Gasteiger partial charge is 0.497 e. The van der Waals surface area contributed by atoms with Gasteiger partial charge >= 0.3 is 5.97 Å². The molecule has 0 spiro atoms. The second kappa shape index (κ2) is 6.85. The van der Waals surface area contributed by atoms with Crippen molar-refractivity contribution in [2.24, 2.45) is 0 Å². The van der Waals surface area contributed by atoms with Gasteiger partial charge in [0, 0.05) is 0 Å². The highest BCUT2D eigenvalue weighted by molar-refractivity contribution is 7.84. The summed E-state index contributed by atoms with van der Waals surface area (Å²) in [5.41, 5.74) is 0.676. The molecular formula is C14H21NO4S. The summed E-state index contributed by atoms with van der Waals surface area (Å²) in [4.78, 5) is 11.9. The van der Waals surface area contributed by atoms with E-state index in [1.807, 2.05) is 20.8 Å². The molecule has 0 radical (unpaired) electrons. The Balaban J connectivity index is 3.00. The molecular weight excluding hydrogens is 278 g/mol. The third-order valence-electron chi connectivity index (χ3n) is 2.67. The van der Waals surface area contributed by atoms with Crippen LogP contribution in [0.3, 0.4) is 0 Å². The van der Waals surface area contributed by atoms with Gasteiger partial charge in [-0.15, -0.1) is 0 Å². The highest BCUT2D eigenvalue weighted by Gasteiger charge is 2.28. The maximum Gasteiger partial charge on any atom is 0.328 e. The monoisotopic (exact) mass is 299 g/mol. The van der Waals surface area contributed by atoms with E-state index in [4.69, 9.17) is 9.47 Å². The van der Waals surface area contributed by atoms with Crippen molar-refractivity contribution in [1.29, 1.82) is 0 Å². The summed E-state index contributed by atoms with van der Waals surface area (Å²) in [5, 5.41) is 0. The van der Waals surface area contributed by atoms with Crippen molar-refractivity contribution in [2.45, 2.75) is 31.6 Å². The number of carbonyl (C=O) groups is 1. The van der Waals surface area contributed by atoms with Crippen molar-refractivity contribution in [2.75, 3.05) is 14.2 Å². The third-order valence-corrected chi connectivity index (χ3v) is 4.23. The smallest absolute Gasteiger partial charge is 0.328 e. The molecule has 5 nitrogen and oxygen atoms in total. The zero-order valence-corrected chi connectivity index (χ0v) is 13.2. The van der Waals surface area contributed by atoms with Crippen LogP contribution < -0.4 is 9.46 Å². The first-order valence-electron chi connectivity index (χ1n) is 6.19. The topological polar surface area (TPSA) is 64.6 Å². The van der Waals surface area contributed by atoms with E-state index in [-0.39, 0.29) is 0 Å². The number of hydrogen-bond acceptors (Lipinski definition) is 4. The number of hydrogen-bond donors (Lipinski definition) is 1. The lowest BCUT2D eigenvalue weighted by Crippen LogP contribution is -2.39. The Morgan fingerprint density at radius 3 is 2.15 bits per heavy atom. The van der Waals surface area contributed by atoms with Gasteiger partial charge in [0.2, 0.25) is 0 Å². The standard InChI is InChI=1S/C14H21NO4S/c1-14(2,3)20(17)15-12(13(16)19-5)10-6-8-11(18-4)9-7-10/h6-9,12,15H,1-5H3/t12-,20?/m1/s1. The van der Waals surface area contributed by atoms with Crippen LogP contribution in [-0.2, 0) is 20.5 Å². The Bertz CT molecular complexity index is 479. The number of ether oxygens (including phenoxy) is 2. The summed E-state index contributed by atoms with van der Waals surface area (Å²) in [5.74, 6) is 0.210. The number of methoxy groups -OCH3 is 2. The van der Waals surface area contributed by atoms with Crippen LogP contribution in [0.5, 0.6) is 5.75 Å². The van der Waals surface area contributed by atoms with Gasteiger partial charge < -0.3 is 9.47 Å². The molecule has 1 unspecified atom stereocenters. The van der Waals surface area contributed by atoms with E-state index in [1.165, 1.54) is 7.11 Å². The number of carbonyl (C=O) groups excluding carboxylic acids is 1. The quantitative estimate of drug-likeness (QED) is 0.844. The zero-order valence-electron chi connectivity index (χ0n) is 12.4. The van der Waals surface area contributed by atoms with Crippen molar-refractivity contribution in [3.63, 3.8) is 0 Å². The Kier molecular flexibility index (Phi) is 5.71. The Morgan fingerprint density at radius 2 is 1.75 bits per heavy atom. The average molecular weight is 299 g/mol. The molecule has 0 aliphatic heterocycles. The van der Waals surface area contributed by atoms with Gasteiger partial charge in [0.15, 0.2) is 0 Å². The lowest BCUT2D eigenvalue weighted by Gasteiger charge is -2.23. The molecule has 1 aromatic rings. The molecule has 1 aromatic carbocycles. The first kappa shape index (κ1) is 16.7. The number of rotatable bonds is 5. The molecule has 0 aliphatic carbocycles. The fourth-order valence-electron chi connectivity index (χ4n) is 1.45. The molecule has 0 bridgehead atoms. The summed E-state index contributed by atoms with van der Waals surface area (Å²) >= 11 is 0. The van der Waals surface area contributed by atoms with Crippen molar-refractivity contribution in [3.8, 4) is 5.75 Å². The zero-order chi connectivity index (χ0) is 15.3. The molecule has 0 amide bonds. The first-order valence-corrected chi connectivity index (χ1v) is 7.34. The van der Waals surface area contributed by atoms with E-state index in [9.17, 15) is 9.00 Å². The molecule has 0 aliphatic rings. The Labute approximate surface area is 122 Å². The minimum Gasteiger partial charge on any atom is -0.497 e. The second-order valence-electron chi connectivity index (χ2n) is 5.23. The number of benzene rings is 1. The van der Waals surface area contributed by atoms with E-state index in [0.29, 0.717) is 11.3 Å². The van der Waals surface area contributed by atoms with E-state index in [0.717, 1.165) is 0 Å². The third kappa shape index (κ3) is 4.31. The Hall–Kier alpha value is -1.40. The molecule has 2 atom stereocenters. The average Bonchev–Trinajstić information content (AvgIpc) is 2.42. The maximum absolute atomic E-state index is 12.2. The van der Waals surface area contributed by atoms with Crippen LogP contribution in [0.4, 0.5) is 0 Å². The predicted molar refractivity (Wildman–Crippen MR) is 78.8 cm³/mol. The van der Waals surface area contributed by atoms with Gasteiger partial charge in [0.05, 0.1) is 30.0 Å². The minimum absolute atomic E-state index is 0.473. The van der Waals surface area contributed by atoms with Crippen LogP contribution in [0.15, 0.2) is 24.3 Å². The van der Waals surface area contributed by atoms with Crippen LogP contribution in [0.1, 0.15) is 32.4 Å². The van der Waals surface area contributed by atoms with E-state index < -0.39 is 27.7 Å². The molecule has 6 heteroatoms. The van der Waals surface area contributed by atoms with Crippen molar-refractivity contribution in [1.82, 2.24) is 4.72 Å². The molecule has 20 heavy (non-hydrogen) atoms. The van der Waals surface area contributed by atoms with Gasteiger partial charge in [-0.1, -0.05) is 12.1 Å². The van der Waals surface area contributed by atoms with Crippen molar-refractivity contribution in [3.05, 3.63) is 29.8 Å². The van der Waals surface area contributed by atoms with Crippen LogP contribution >= 0.6 is 0 Å². The molecule has 1 N–H and O–H groups in total. The normalized spacial score (nSPS) is 14.4. The summed E-state index contributed by atoms with van der Waals surface area (Å²) in [6.45, 7) is 5.50. The van der Waals surface area contributed by atoms with Crippen molar-refractivity contribution >= 4 is 17.0 Å². The summed E-state index contributed by atoms with van der Waals surface area (Å²) in [6, 6.07) is 6.20. The van der Waals surface area contributed by atoms with Gasteiger partial charge in [-0.2, -0.15) is 0 Å². The molecule has 0 saturated heterocycles. The first-order chi connectivity index (χ1) is 9.29. The summed E-state index contributed by atoms with van der Waals surface area (Å²) in [6.07, 6.45) is 0. The number of esters is 1. The lowest BCUT2D eigenvalue weighted by molar-refractivity contribution is -0.142. The van der Waals surface area contributed by atoms with Gasteiger partial charge in [-0.05, 0) is 38.5 Å². The van der Waals surface area contributed by atoms with E-state index >= 15 is 0 Å². The fraction of sp³-hybridized carbons (Fsp3) is 0.500. The molecule has 0 heterocycles. The van der Waals surface area contributed by atoms with Crippen LogP contribution in [0, 0.1) is 0 Å². The Morgan fingerprint density at radius 1 is 1.20 bits per heavy atom. The molecule has 0 saturated carbocycles. The predicted octanol–water partition coefficient (Wildman–Crippen LogP) is 1.96. The van der Waals surface area contributed by atoms with Crippen LogP contribution in [0.25, 0.3) is 0 Å². The van der Waals surface area contributed by atoms with Gasteiger partial charge in [-0.3, -0.25) is 0 Å². The molecule has 0 aromatic heterocycles. The lowest BCUT2D eigenvalue weighted by atomic mass is 10.1. The number of nitrogens with one attached hydrogen (secondary N) is 1. The van der Waals surface area contributed by atoms with E-state index in [1.54, 1.807) is 31.4 Å². The second-order valence-corrected chi connectivity index (χ2v) is 7.23. The summed E-state index contributed by atoms with van der Waals surface area (Å²) in [7, 11) is 1.50. The highest BCUT2D eigenvalue weighted by atomic mass is 32.2. The van der Waals surface area contributed by atoms with Gasteiger partial charge in [0.1, 0.15) is 11.8 Å². The van der Waals surface area contributed by atoms with E-state index in [2.05, 4.69) is 4.72 Å². The SMILES string of the molecule is COC(=O)[C@H](NS(=O)C(C)(C)C)c1ccc(OC)cc1. The van der Waals surface area contributed by atoms with Crippen LogP contribution in [-0.4, -0.2) is 29.1 Å². The molecule has 0 fully saturated rings. The molecule has 1 rings (SSSR count). The molecule has 112 valence electrons. The highest BCUT2D eigenvalue weighted by Crippen LogP contribution is 2.21.